The quantitative estimate of drug-likeness (QED) is 0.608. The van der Waals surface area contributed by atoms with Crippen molar-refractivity contribution in [3.05, 3.63) is 33.9 Å². The molecule has 124 valence electrons. The summed E-state index contributed by atoms with van der Waals surface area (Å²) in [5, 5.41) is 16.5. The second-order valence-electron chi connectivity index (χ2n) is 5.56. The van der Waals surface area contributed by atoms with Crippen molar-refractivity contribution in [1.82, 2.24) is 10.2 Å². The summed E-state index contributed by atoms with van der Waals surface area (Å²) in [5.41, 5.74) is 0.417. The van der Waals surface area contributed by atoms with Gasteiger partial charge in [0.1, 0.15) is 5.69 Å². The lowest BCUT2D eigenvalue weighted by atomic mass is 10.1. The Labute approximate surface area is 134 Å². The van der Waals surface area contributed by atoms with E-state index in [0.717, 1.165) is 6.42 Å². The van der Waals surface area contributed by atoms with Crippen LogP contribution in [0.4, 0.5) is 11.4 Å². The molecular weight excluding hydrogens is 300 g/mol. The number of amides is 2. The van der Waals surface area contributed by atoms with Crippen molar-refractivity contribution in [2.24, 2.45) is 0 Å². The molecule has 1 fully saturated rings. The Hall–Kier alpha value is -2.64. The second kappa shape index (κ2) is 7.08. The van der Waals surface area contributed by atoms with Crippen LogP contribution < -0.4 is 10.6 Å². The maximum atomic E-state index is 12.2. The molecule has 0 radical (unpaired) electrons. The number of likely N-dealkylation sites (tertiary alicyclic amines) is 1. The molecule has 0 aliphatic carbocycles. The summed E-state index contributed by atoms with van der Waals surface area (Å²) in [5.74, 6) is -0.296. The number of carbonyl (C=O) groups excluding carboxylic acids is 2. The molecule has 2 rings (SSSR count). The molecule has 2 N–H and O–H groups in total. The van der Waals surface area contributed by atoms with E-state index in [1.807, 2.05) is 0 Å². The highest BCUT2D eigenvalue weighted by Crippen LogP contribution is 2.25. The molecule has 23 heavy (non-hydrogen) atoms. The Morgan fingerprint density at radius 3 is 2.78 bits per heavy atom. The Kier molecular flexibility index (Phi) is 5.15. The molecule has 0 bridgehead atoms. The van der Waals surface area contributed by atoms with Crippen molar-refractivity contribution in [3.8, 4) is 0 Å². The molecule has 1 atom stereocenters. The first kappa shape index (κ1) is 16.7. The fraction of sp³-hybridized carbons (Fsp3) is 0.467. The first-order valence-electron chi connectivity index (χ1n) is 7.47. The van der Waals surface area contributed by atoms with Crippen LogP contribution in [0.15, 0.2) is 18.2 Å². The van der Waals surface area contributed by atoms with E-state index < -0.39 is 10.8 Å². The number of nitrogens with one attached hydrogen (secondary N) is 2. The third-order valence-corrected chi connectivity index (χ3v) is 3.77. The molecule has 1 aliphatic rings. The third-order valence-electron chi connectivity index (χ3n) is 3.77. The number of nitro benzene ring substituents is 1. The summed E-state index contributed by atoms with van der Waals surface area (Å²) >= 11 is 0. The van der Waals surface area contributed by atoms with Gasteiger partial charge in [0.15, 0.2) is 0 Å². The Bertz CT molecular complexity index is 632. The fourth-order valence-electron chi connectivity index (χ4n) is 2.62. The summed E-state index contributed by atoms with van der Waals surface area (Å²) in [6.45, 7) is 2.96. The van der Waals surface area contributed by atoms with E-state index >= 15 is 0 Å². The number of hydrogen-bond donors (Lipinski definition) is 2. The zero-order valence-electron chi connectivity index (χ0n) is 13.2. The monoisotopic (exact) mass is 320 g/mol. The number of nitrogens with zero attached hydrogens (tertiary/aromatic N) is 2. The summed E-state index contributed by atoms with van der Waals surface area (Å²) in [6.07, 6.45) is 1.40. The fourth-order valence-corrected chi connectivity index (χ4v) is 2.62. The van der Waals surface area contributed by atoms with E-state index in [0.29, 0.717) is 25.2 Å². The van der Waals surface area contributed by atoms with Gasteiger partial charge in [-0.1, -0.05) is 0 Å². The van der Waals surface area contributed by atoms with Crippen LogP contribution in [-0.4, -0.2) is 47.8 Å². The molecule has 0 saturated carbocycles. The van der Waals surface area contributed by atoms with Gasteiger partial charge in [-0.3, -0.25) is 19.7 Å². The molecule has 1 aromatic carbocycles. The van der Waals surface area contributed by atoms with Crippen LogP contribution in [0.1, 0.15) is 30.1 Å². The van der Waals surface area contributed by atoms with Crippen LogP contribution in [0.3, 0.4) is 0 Å². The van der Waals surface area contributed by atoms with Crippen molar-refractivity contribution < 1.29 is 14.5 Å². The van der Waals surface area contributed by atoms with Gasteiger partial charge in [0.25, 0.3) is 11.6 Å². The van der Waals surface area contributed by atoms with Crippen molar-refractivity contribution in [3.63, 3.8) is 0 Å². The van der Waals surface area contributed by atoms with Gasteiger partial charge < -0.3 is 15.5 Å². The van der Waals surface area contributed by atoms with Gasteiger partial charge in [0, 0.05) is 44.2 Å². The van der Waals surface area contributed by atoms with Crippen LogP contribution in [0.5, 0.6) is 0 Å². The molecule has 8 heteroatoms. The van der Waals surface area contributed by atoms with E-state index in [1.165, 1.54) is 18.2 Å². The summed E-state index contributed by atoms with van der Waals surface area (Å²) in [4.78, 5) is 36.0. The van der Waals surface area contributed by atoms with Crippen LogP contribution in [-0.2, 0) is 4.79 Å². The molecule has 8 nitrogen and oxygen atoms in total. The molecular formula is C15H20N4O4. The van der Waals surface area contributed by atoms with E-state index in [4.69, 9.17) is 0 Å². The van der Waals surface area contributed by atoms with E-state index in [2.05, 4.69) is 10.6 Å². The predicted molar refractivity (Wildman–Crippen MR) is 85.4 cm³/mol. The van der Waals surface area contributed by atoms with E-state index in [9.17, 15) is 19.7 Å². The predicted octanol–water partition coefficient (Wildman–Crippen LogP) is 1.38. The van der Waals surface area contributed by atoms with Crippen molar-refractivity contribution in [2.75, 3.05) is 25.5 Å². The molecule has 1 aliphatic heterocycles. The minimum Gasteiger partial charge on any atom is -0.383 e. The first-order valence-corrected chi connectivity index (χ1v) is 7.47. The molecule has 1 aromatic rings. The van der Waals surface area contributed by atoms with Gasteiger partial charge in [0.2, 0.25) is 5.91 Å². The zero-order chi connectivity index (χ0) is 17.0. The summed E-state index contributed by atoms with van der Waals surface area (Å²) in [6, 6.07) is 4.05. The topological polar surface area (TPSA) is 105 Å². The molecule has 1 saturated heterocycles. The Balaban J connectivity index is 2.03. The highest BCUT2D eigenvalue weighted by atomic mass is 16.6. The molecule has 2 amide bonds. The smallest absolute Gasteiger partial charge is 0.293 e. The lowest BCUT2D eigenvalue weighted by Crippen LogP contribution is -2.42. The number of carbonyl (C=O) groups is 2. The molecule has 0 spiro atoms. The minimum absolute atomic E-state index is 0.0973. The largest absolute Gasteiger partial charge is 0.383 e. The van der Waals surface area contributed by atoms with Crippen LogP contribution in [0, 0.1) is 10.1 Å². The van der Waals surface area contributed by atoms with Gasteiger partial charge in [0.05, 0.1) is 4.92 Å². The maximum Gasteiger partial charge on any atom is 0.293 e. The number of hydrogen-bond acceptors (Lipinski definition) is 5. The average Bonchev–Trinajstić information content (AvgIpc) is 2.91. The minimum atomic E-state index is -0.533. The van der Waals surface area contributed by atoms with Crippen molar-refractivity contribution in [1.29, 1.82) is 0 Å². The SMILES string of the molecule is CNc1ccc(C(=O)N[C@@H](C)CN2CCCC2=O)cc1[N+](=O)[O-]. The average molecular weight is 320 g/mol. The molecule has 1 heterocycles. The zero-order valence-corrected chi connectivity index (χ0v) is 13.2. The summed E-state index contributed by atoms with van der Waals surface area (Å²) in [7, 11) is 1.58. The van der Waals surface area contributed by atoms with Crippen LogP contribution >= 0.6 is 0 Å². The molecule has 0 aromatic heterocycles. The Morgan fingerprint density at radius 1 is 1.48 bits per heavy atom. The third kappa shape index (κ3) is 3.97. The highest BCUT2D eigenvalue weighted by molar-refractivity contribution is 5.96. The first-order chi connectivity index (χ1) is 10.9. The van der Waals surface area contributed by atoms with E-state index in [1.54, 1.807) is 18.9 Å². The van der Waals surface area contributed by atoms with Crippen molar-refractivity contribution in [2.45, 2.75) is 25.8 Å². The van der Waals surface area contributed by atoms with Gasteiger partial charge >= 0.3 is 0 Å². The number of anilines is 1. The number of nitro groups is 1. The standard InChI is InChI=1S/C15H20N4O4/c1-10(9-18-7-3-4-14(18)20)17-15(21)11-5-6-12(16-2)13(8-11)19(22)23/h5-6,8,10,16H,3-4,7,9H2,1-2H3,(H,17,21)/t10-/m0/s1. The lowest BCUT2D eigenvalue weighted by molar-refractivity contribution is -0.384. The highest BCUT2D eigenvalue weighted by Gasteiger charge is 2.23. The maximum absolute atomic E-state index is 12.2. The van der Waals surface area contributed by atoms with Gasteiger partial charge in [-0.05, 0) is 25.5 Å². The normalized spacial score (nSPS) is 15.4. The van der Waals surface area contributed by atoms with Gasteiger partial charge in [-0.25, -0.2) is 0 Å². The Morgan fingerprint density at radius 2 is 2.22 bits per heavy atom. The second-order valence-corrected chi connectivity index (χ2v) is 5.56. The number of benzene rings is 1. The van der Waals surface area contributed by atoms with E-state index in [-0.39, 0.29) is 23.2 Å². The van der Waals surface area contributed by atoms with Gasteiger partial charge in [-0.2, -0.15) is 0 Å². The lowest BCUT2D eigenvalue weighted by Gasteiger charge is -2.21. The molecule has 0 unspecified atom stereocenters. The van der Waals surface area contributed by atoms with Crippen molar-refractivity contribution >= 4 is 23.2 Å². The summed E-state index contributed by atoms with van der Waals surface area (Å²) < 4.78 is 0. The van der Waals surface area contributed by atoms with Gasteiger partial charge in [-0.15, -0.1) is 0 Å². The van der Waals surface area contributed by atoms with Crippen LogP contribution in [0.2, 0.25) is 0 Å². The van der Waals surface area contributed by atoms with Crippen LogP contribution in [0.25, 0.3) is 0 Å². The number of rotatable bonds is 6.